The van der Waals surface area contributed by atoms with E-state index in [1.54, 1.807) is 14.2 Å². The summed E-state index contributed by atoms with van der Waals surface area (Å²) >= 11 is 1.34. The molecule has 3 aromatic rings. The highest BCUT2D eigenvalue weighted by Crippen LogP contribution is 2.30. The largest absolute Gasteiger partial charge is 0.497 e. The Bertz CT molecular complexity index is 1010. The lowest BCUT2D eigenvalue weighted by Crippen LogP contribution is -2.26. The molecule has 0 aliphatic rings. The number of amides is 1. The molecule has 0 spiro atoms. The minimum Gasteiger partial charge on any atom is -0.497 e. The van der Waals surface area contributed by atoms with E-state index in [4.69, 9.17) is 14.2 Å². The van der Waals surface area contributed by atoms with Crippen LogP contribution < -0.4 is 14.8 Å². The van der Waals surface area contributed by atoms with Crippen LogP contribution in [-0.4, -0.2) is 60.4 Å². The van der Waals surface area contributed by atoms with Gasteiger partial charge in [-0.25, -0.2) is 0 Å². The van der Waals surface area contributed by atoms with Gasteiger partial charge >= 0.3 is 0 Å². The summed E-state index contributed by atoms with van der Waals surface area (Å²) in [6.45, 7) is 3.74. The van der Waals surface area contributed by atoms with Crippen molar-refractivity contribution in [3.8, 4) is 28.6 Å². The van der Waals surface area contributed by atoms with Crippen molar-refractivity contribution in [2.24, 2.45) is 0 Å². The van der Waals surface area contributed by atoms with Crippen LogP contribution in [0.4, 0.5) is 0 Å². The fraction of sp³-hybridized carbons (Fsp3) is 0.348. The van der Waals surface area contributed by atoms with Crippen LogP contribution in [-0.2, 0) is 9.53 Å². The van der Waals surface area contributed by atoms with Crippen LogP contribution >= 0.6 is 11.8 Å². The summed E-state index contributed by atoms with van der Waals surface area (Å²) in [6.07, 6.45) is 0.773. The predicted molar refractivity (Wildman–Crippen MR) is 125 cm³/mol. The summed E-state index contributed by atoms with van der Waals surface area (Å²) in [4.78, 5) is 12.2. The number of methoxy groups -OCH3 is 2. The van der Waals surface area contributed by atoms with Gasteiger partial charge in [-0.1, -0.05) is 23.9 Å². The molecule has 2 aromatic carbocycles. The number of carbonyl (C=O) groups is 1. The van der Waals surface area contributed by atoms with Crippen LogP contribution in [0.5, 0.6) is 11.5 Å². The van der Waals surface area contributed by atoms with E-state index in [-0.39, 0.29) is 11.7 Å². The molecule has 170 valence electrons. The monoisotopic (exact) mass is 456 g/mol. The molecule has 0 aliphatic carbocycles. The van der Waals surface area contributed by atoms with Crippen molar-refractivity contribution < 1.29 is 19.0 Å². The molecule has 1 aromatic heterocycles. The molecule has 3 rings (SSSR count). The SMILES string of the molecule is CCOc1ccc(-n2c(SCC(=O)NCCCOC)nnc2-c2cccc(OC)c2)cc1. The van der Waals surface area contributed by atoms with E-state index in [9.17, 15) is 4.79 Å². The quantitative estimate of drug-likeness (QED) is 0.329. The molecule has 0 radical (unpaired) electrons. The maximum atomic E-state index is 12.2. The number of benzene rings is 2. The minimum absolute atomic E-state index is 0.0599. The highest BCUT2D eigenvalue weighted by atomic mass is 32.2. The van der Waals surface area contributed by atoms with Crippen molar-refractivity contribution in [1.29, 1.82) is 0 Å². The standard InChI is InChI=1S/C23H28N4O4S/c1-4-31-19-11-9-18(10-12-19)27-22(17-7-5-8-20(15-17)30-3)25-26-23(27)32-16-21(28)24-13-6-14-29-2/h5,7-12,15H,4,6,13-14,16H2,1-3H3,(H,24,28). The number of nitrogens with zero attached hydrogens (tertiary/aromatic N) is 3. The fourth-order valence-corrected chi connectivity index (χ4v) is 3.81. The summed E-state index contributed by atoms with van der Waals surface area (Å²) in [7, 11) is 3.27. The number of aromatic nitrogens is 3. The van der Waals surface area contributed by atoms with Crippen LogP contribution in [0.1, 0.15) is 13.3 Å². The Morgan fingerprint density at radius 3 is 2.62 bits per heavy atom. The zero-order chi connectivity index (χ0) is 22.8. The highest BCUT2D eigenvalue weighted by Gasteiger charge is 2.18. The highest BCUT2D eigenvalue weighted by molar-refractivity contribution is 7.99. The van der Waals surface area contributed by atoms with Crippen LogP contribution in [0.2, 0.25) is 0 Å². The average Bonchev–Trinajstić information content (AvgIpc) is 3.25. The first-order valence-corrected chi connectivity index (χ1v) is 11.4. The number of thioether (sulfide) groups is 1. The van der Waals surface area contributed by atoms with Crippen molar-refractivity contribution in [3.05, 3.63) is 48.5 Å². The molecule has 9 heteroatoms. The predicted octanol–water partition coefficient (Wildman–Crippen LogP) is 3.59. The summed E-state index contributed by atoms with van der Waals surface area (Å²) in [6, 6.07) is 15.4. The number of hydrogen-bond acceptors (Lipinski definition) is 7. The molecule has 0 saturated heterocycles. The smallest absolute Gasteiger partial charge is 0.230 e. The Labute approximate surface area is 192 Å². The number of hydrogen-bond donors (Lipinski definition) is 1. The fourth-order valence-electron chi connectivity index (χ4n) is 3.03. The van der Waals surface area contributed by atoms with Gasteiger partial charge in [0, 0.05) is 31.5 Å². The van der Waals surface area contributed by atoms with E-state index < -0.39 is 0 Å². The van der Waals surface area contributed by atoms with E-state index >= 15 is 0 Å². The van der Waals surface area contributed by atoms with E-state index in [2.05, 4.69) is 15.5 Å². The summed E-state index contributed by atoms with van der Waals surface area (Å²) in [5.41, 5.74) is 1.74. The van der Waals surface area contributed by atoms with Crippen molar-refractivity contribution in [2.45, 2.75) is 18.5 Å². The zero-order valence-corrected chi connectivity index (χ0v) is 19.4. The van der Waals surface area contributed by atoms with Crippen molar-refractivity contribution in [3.63, 3.8) is 0 Å². The second-order valence-corrected chi connectivity index (χ2v) is 7.73. The molecule has 1 N–H and O–H groups in total. The topological polar surface area (TPSA) is 87.5 Å². The Hall–Kier alpha value is -3.04. The maximum Gasteiger partial charge on any atom is 0.230 e. The second-order valence-electron chi connectivity index (χ2n) is 6.79. The third-order valence-electron chi connectivity index (χ3n) is 4.55. The van der Waals surface area contributed by atoms with Gasteiger partial charge in [-0.2, -0.15) is 0 Å². The van der Waals surface area contributed by atoms with Gasteiger partial charge in [0.1, 0.15) is 11.5 Å². The molecule has 0 unspecified atom stereocenters. The van der Waals surface area contributed by atoms with Crippen molar-refractivity contribution >= 4 is 17.7 Å². The minimum atomic E-state index is -0.0599. The first-order valence-electron chi connectivity index (χ1n) is 10.4. The van der Waals surface area contributed by atoms with Gasteiger partial charge in [0.25, 0.3) is 0 Å². The van der Waals surface area contributed by atoms with Crippen molar-refractivity contribution in [1.82, 2.24) is 20.1 Å². The summed E-state index contributed by atoms with van der Waals surface area (Å²) < 4.78 is 17.9. The molecule has 0 atom stereocenters. The Morgan fingerprint density at radius 1 is 1.09 bits per heavy atom. The van der Waals surface area contributed by atoms with Gasteiger partial charge in [-0.15, -0.1) is 10.2 Å². The van der Waals surface area contributed by atoms with Crippen molar-refractivity contribution in [2.75, 3.05) is 39.7 Å². The van der Waals surface area contributed by atoms with Gasteiger partial charge in [-0.05, 0) is 49.7 Å². The average molecular weight is 457 g/mol. The molecule has 0 saturated carbocycles. The molecular weight excluding hydrogens is 428 g/mol. The lowest BCUT2D eigenvalue weighted by Gasteiger charge is -2.12. The van der Waals surface area contributed by atoms with Gasteiger partial charge in [0.05, 0.1) is 19.5 Å². The molecule has 1 heterocycles. The number of carbonyl (C=O) groups excluding carboxylic acids is 1. The lowest BCUT2D eigenvalue weighted by molar-refractivity contribution is -0.118. The molecule has 32 heavy (non-hydrogen) atoms. The van der Waals surface area contributed by atoms with Gasteiger partial charge < -0.3 is 19.5 Å². The Kier molecular flexibility index (Phi) is 8.94. The molecular formula is C23H28N4O4S. The first-order chi connectivity index (χ1) is 15.7. The van der Waals surface area contributed by atoms with E-state index in [0.717, 1.165) is 29.2 Å². The van der Waals surface area contributed by atoms with Crippen LogP contribution in [0.25, 0.3) is 17.1 Å². The zero-order valence-electron chi connectivity index (χ0n) is 18.5. The Balaban J connectivity index is 1.86. The maximum absolute atomic E-state index is 12.2. The number of ether oxygens (including phenoxy) is 3. The van der Waals surface area contributed by atoms with Gasteiger partial charge in [-0.3, -0.25) is 9.36 Å². The van der Waals surface area contributed by atoms with Gasteiger partial charge in [0.15, 0.2) is 11.0 Å². The molecule has 0 aliphatic heterocycles. The third-order valence-corrected chi connectivity index (χ3v) is 5.48. The summed E-state index contributed by atoms with van der Waals surface area (Å²) in [5, 5.41) is 12.3. The van der Waals surface area contributed by atoms with Crippen LogP contribution in [0.15, 0.2) is 53.7 Å². The molecule has 8 nitrogen and oxygen atoms in total. The number of rotatable bonds is 12. The third kappa shape index (κ3) is 6.24. The normalized spacial score (nSPS) is 10.7. The van der Waals surface area contributed by atoms with E-state index in [1.807, 2.05) is 60.0 Å². The number of nitrogens with one attached hydrogen (secondary N) is 1. The first kappa shape index (κ1) is 23.6. The lowest BCUT2D eigenvalue weighted by atomic mass is 10.2. The summed E-state index contributed by atoms with van der Waals surface area (Å²) in [5.74, 6) is 2.36. The van der Waals surface area contributed by atoms with Crippen LogP contribution in [0.3, 0.4) is 0 Å². The van der Waals surface area contributed by atoms with E-state index in [1.165, 1.54) is 11.8 Å². The Morgan fingerprint density at radius 2 is 1.91 bits per heavy atom. The molecule has 1 amide bonds. The second kappa shape index (κ2) is 12.1. The van der Waals surface area contributed by atoms with Gasteiger partial charge in [0.2, 0.25) is 5.91 Å². The van der Waals surface area contributed by atoms with Crippen LogP contribution in [0, 0.1) is 0 Å². The molecule has 0 bridgehead atoms. The molecule has 0 fully saturated rings. The van der Waals surface area contributed by atoms with E-state index in [0.29, 0.717) is 30.7 Å².